The lowest BCUT2D eigenvalue weighted by Crippen LogP contribution is -2.45. The molecule has 9 nitrogen and oxygen atoms in total. The Morgan fingerprint density at radius 2 is 1.73 bits per heavy atom. The van der Waals surface area contributed by atoms with Crippen LogP contribution in [0.5, 0.6) is 0 Å². The fourth-order valence-electron chi connectivity index (χ4n) is 1.93. The van der Waals surface area contributed by atoms with Gasteiger partial charge in [0.15, 0.2) is 15.3 Å². The zero-order chi connectivity index (χ0) is 17.0. The van der Waals surface area contributed by atoms with Crippen LogP contribution in [0.1, 0.15) is 27.2 Å². The highest BCUT2D eigenvalue weighted by molar-refractivity contribution is 7.97. The molecule has 1 atom stereocenters. The Bertz CT molecular complexity index is 581. The van der Waals surface area contributed by atoms with E-state index in [1.807, 2.05) is 5.32 Å². The van der Waals surface area contributed by atoms with Crippen molar-refractivity contribution in [3.63, 3.8) is 0 Å². The van der Waals surface area contributed by atoms with Crippen LogP contribution in [0.3, 0.4) is 0 Å². The zero-order valence-corrected chi connectivity index (χ0v) is 14.5. The molecule has 1 rings (SSSR count). The highest BCUT2D eigenvalue weighted by Gasteiger charge is 2.43. The molecular formula is C11H21N2O7PS. The molecule has 0 aromatic rings. The third-order valence-corrected chi connectivity index (χ3v) is 8.00. The largest absolute Gasteiger partial charge is 0.345 e. The summed E-state index contributed by atoms with van der Waals surface area (Å²) in [7, 11) is -7.52. The average molecular weight is 356 g/mol. The molecule has 1 saturated heterocycles. The number of rotatable bonds is 9. The van der Waals surface area contributed by atoms with Gasteiger partial charge in [0.1, 0.15) is 5.54 Å². The Hall–Kier alpha value is -0.960. The van der Waals surface area contributed by atoms with Gasteiger partial charge in [-0.2, -0.15) is 0 Å². The Kier molecular flexibility index (Phi) is 6.14. The molecule has 1 unspecified atom stereocenters. The minimum Gasteiger partial charge on any atom is -0.324 e. The molecule has 1 heterocycles. The Balaban J connectivity index is 2.73. The number of imide groups is 1. The molecule has 0 aliphatic carbocycles. The van der Waals surface area contributed by atoms with Gasteiger partial charge in [-0.3, -0.25) is 14.7 Å². The second-order valence-corrected chi connectivity index (χ2v) is 9.68. The van der Waals surface area contributed by atoms with Crippen LogP contribution in [0, 0.1) is 0 Å². The van der Waals surface area contributed by atoms with E-state index in [-0.39, 0.29) is 19.6 Å². The van der Waals surface area contributed by atoms with E-state index in [0.29, 0.717) is 0 Å². The van der Waals surface area contributed by atoms with E-state index in [0.717, 1.165) is 0 Å². The average Bonchev–Trinajstić information content (AvgIpc) is 2.61. The maximum Gasteiger partial charge on any atom is 0.345 e. The van der Waals surface area contributed by atoms with Crippen molar-refractivity contribution in [2.45, 2.75) is 32.7 Å². The number of hydrogen-bond donors (Lipinski definition) is 2. The molecule has 22 heavy (non-hydrogen) atoms. The maximum atomic E-state index is 12.2. The van der Waals surface area contributed by atoms with Gasteiger partial charge in [0, 0.05) is 0 Å². The van der Waals surface area contributed by atoms with Crippen LogP contribution in [-0.4, -0.2) is 50.4 Å². The van der Waals surface area contributed by atoms with Crippen LogP contribution in [0.4, 0.5) is 4.79 Å². The van der Waals surface area contributed by atoms with E-state index < -0.39 is 46.2 Å². The monoisotopic (exact) mass is 356 g/mol. The third kappa shape index (κ3) is 5.05. The fraction of sp³-hybridized carbons (Fsp3) is 0.818. The van der Waals surface area contributed by atoms with E-state index in [2.05, 4.69) is 5.32 Å². The van der Waals surface area contributed by atoms with Crippen LogP contribution in [0.15, 0.2) is 0 Å². The summed E-state index contributed by atoms with van der Waals surface area (Å²) in [6.45, 7) is 4.70. The van der Waals surface area contributed by atoms with Crippen molar-refractivity contribution in [1.29, 1.82) is 0 Å². The molecule has 2 N–H and O–H groups in total. The van der Waals surface area contributed by atoms with Gasteiger partial charge in [0.05, 0.1) is 19.0 Å². The first-order valence-electron chi connectivity index (χ1n) is 6.78. The second kappa shape index (κ2) is 7.08. The molecule has 3 amide bonds. The summed E-state index contributed by atoms with van der Waals surface area (Å²) in [4.78, 5) is 22.7. The quantitative estimate of drug-likeness (QED) is 0.457. The summed E-state index contributed by atoms with van der Waals surface area (Å²) in [6.07, 6.45) is -0.134. The van der Waals surface area contributed by atoms with Gasteiger partial charge < -0.3 is 14.4 Å². The van der Waals surface area contributed by atoms with Crippen LogP contribution >= 0.6 is 7.60 Å². The highest BCUT2D eigenvalue weighted by atomic mass is 32.2. The summed E-state index contributed by atoms with van der Waals surface area (Å²) in [5.41, 5.74) is -2.06. The molecule has 0 aromatic heterocycles. The Morgan fingerprint density at radius 1 is 1.18 bits per heavy atom. The number of urea groups is 1. The van der Waals surface area contributed by atoms with Gasteiger partial charge in [-0.15, -0.1) is 0 Å². The van der Waals surface area contributed by atoms with Gasteiger partial charge in [-0.05, 0) is 27.2 Å². The van der Waals surface area contributed by atoms with Gasteiger partial charge in [-0.1, -0.05) is 0 Å². The predicted octanol–water partition coefficient (Wildman–Crippen LogP) is 0.613. The van der Waals surface area contributed by atoms with Crippen molar-refractivity contribution in [3.05, 3.63) is 0 Å². The minimum atomic E-state index is -3.79. The zero-order valence-electron chi connectivity index (χ0n) is 12.7. The molecule has 128 valence electrons. The molecule has 1 aliphatic rings. The number of hydrogen-bond acceptors (Lipinski definition) is 7. The Morgan fingerprint density at radius 3 is 2.14 bits per heavy atom. The van der Waals surface area contributed by atoms with Crippen LogP contribution in [0.2, 0.25) is 0 Å². The lowest BCUT2D eigenvalue weighted by Gasteiger charge is -2.21. The molecular weight excluding hydrogens is 335 g/mol. The summed E-state index contributed by atoms with van der Waals surface area (Å²) in [6, 6.07) is -0.667. The molecule has 0 spiro atoms. The normalized spacial score (nSPS) is 22.5. The number of sulfone groups is 1. The van der Waals surface area contributed by atoms with E-state index in [4.69, 9.17) is 9.05 Å². The predicted molar refractivity (Wildman–Crippen MR) is 79.2 cm³/mol. The Labute approximate surface area is 129 Å². The van der Waals surface area contributed by atoms with Crippen LogP contribution < -0.4 is 10.6 Å². The molecule has 0 bridgehead atoms. The van der Waals surface area contributed by atoms with Crippen molar-refractivity contribution in [2.75, 3.05) is 24.5 Å². The summed E-state index contributed by atoms with van der Waals surface area (Å²) in [5.74, 6) is -1.02. The molecule has 0 saturated carbocycles. The van der Waals surface area contributed by atoms with Gasteiger partial charge in [0.25, 0.3) is 5.91 Å². The standard InChI is InChI=1S/C11H21N2O7PS/c1-4-19-21(16,20-5-2)8-22(17,18)7-6-11(3)9(14)12-10(15)13-11/h4-8H2,1-3H3,(H2,12,13,14,15). The first kappa shape index (κ1) is 19.1. The van der Waals surface area contributed by atoms with Gasteiger partial charge in [-0.25, -0.2) is 13.2 Å². The lowest BCUT2D eigenvalue weighted by atomic mass is 10.00. The number of amides is 3. The third-order valence-electron chi connectivity index (χ3n) is 3.04. The van der Waals surface area contributed by atoms with E-state index in [1.54, 1.807) is 13.8 Å². The second-order valence-electron chi connectivity index (χ2n) is 5.01. The lowest BCUT2D eigenvalue weighted by molar-refractivity contribution is -0.123. The molecule has 0 aromatic carbocycles. The summed E-state index contributed by atoms with van der Waals surface area (Å²) >= 11 is 0. The molecule has 1 fully saturated rings. The van der Waals surface area contributed by atoms with E-state index >= 15 is 0 Å². The number of carbonyl (C=O) groups is 2. The number of nitrogens with one attached hydrogen (secondary N) is 2. The minimum absolute atomic E-state index is 0.0585. The van der Waals surface area contributed by atoms with Crippen LogP contribution in [0.25, 0.3) is 0 Å². The van der Waals surface area contributed by atoms with Crippen molar-refractivity contribution in [3.8, 4) is 0 Å². The van der Waals surface area contributed by atoms with Crippen molar-refractivity contribution in [1.82, 2.24) is 10.6 Å². The topological polar surface area (TPSA) is 128 Å². The molecule has 0 radical (unpaired) electrons. The first-order chi connectivity index (χ1) is 10.1. The summed E-state index contributed by atoms with van der Waals surface area (Å²) < 4.78 is 46.4. The number of carbonyl (C=O) groups excluding carboxylic acids is 2. The fourth-order valence-corrected chi connectivity index (χ4v) is 6.55. The van der Waals surface area contributed by atoms with E-state index in [9.17, 15) is 22.6 Å². The SMILES string of the molecule is CCOP(=O)(CS(=O)(=O)CCC1(C)NC(=O)NC1=O)OCC. The first-order valence-corrected chi connectivity index (χ1v) is 10.3. The maximum absolute atomic E-state index is 12.2. The molecule has 1 aliphatic heterocycles. The molecule has 11 heteroatoms. The van der Waals surface area contributed by atoms with Crippen LogP contribution in [-0.2, 0) is 28.2 Å². The van der Waals surface area contributed by atoms with Crippen molar-refractivity contribution < 1.29 is 31.6 Å². The highest BCUT2D eigenvalue weighted by Crippen LogP contribution is 2.49. The van der Waals surface area contributed by atoms with Gasteiger partial charge in [0.2, 0.25) is 0 Å². The smallest absolute Gasteiger partial charge is 0.324 e. The van der Waals surface area contributed by atoms with E-state index in [1.165, 1.54) is 6.92 Å². The summed E-state index contributed by atoms with van der Waals surface area (Å²) in [5, 5.41) is 4.41. The van der Waals surface area contributed by atoms with Crippen molar-refractivity contribution >= 4 is 29.4 Å². The van der Waals surface area contributed by atoms with Gasteiger partial charge >= 0.3 is 13.6 Å². The van der Waals surface area contributed by atoms with Crippen molar-refractivity contribution in [2.24, 2.45) is 0 Å².